The highest BCUT2D eigenvalue weighted by molar-refractivity contribution is 5.92. The number of ether oxygens (including phenoxy) is 1. The number of benzene rings is 1. The highest BCUT2D eigenvalue weighted by atomic mass is 19.3. The van der Waals surface area contributed by atoms with Gasteiger partial charge >= 0.3 is 0 Å². The predicted octanol–water partition coefficient (Wildman–Crippen LogP) is 3.53. The van der Waals surface area contributed by atoms with Crippen LogP contribution in [-0.4, -0.2) is 45.7 Å². The molecule has 5 rings (SSSR count). The topological polar surface area (TPSA) is 74.0 Å². The molecule has 0 saturated carbocycles. The van der Waals surface area contributed by atoms with Gasteiger partial charge in [-0.3, -0.25) is 9.89 Å². The number of alkyl halides is 2. The second-order valence-electron chi connectivity index (χ2n) is 7.42. The largest absolute Gasteiger partial charge is 0.368 e. The molecule has 0 bridgehead atoms. The van der Waals surface area contributed by atoms with E-state index in [0.29, 0.717) is 32.5 Å². The zero-order valence-electron chi connectivity index (χ0n) is 15.2. The van der Waals surface area contributed by atoms with Crippen LogP contribution >= 0.6 is 0 Å². The van der Waals surface area contributed by atoms with Crippen LogP contribution in [0.15, 0.2) is 30.3 Å². The molecule has 0 unspecified atom stereocenters. The van der Waals surface area contributed by atoms with Crippen molar-refractivity contribution in [2.24, 2.45) is 0 Å². The van der Waals surface area contributed by atoms with Gasteiger partial charge in [-0.05, 0) is 37.0 Å². The first-order chi connectivity index (χ1) is 13.6. The summed E-state index contributed by atoms with van der Waals surface area (Å²) in [5.41, 5.74) is 2.79. The van der Waals surface area contributed by atoms with Crippen LogP contribution in [-0.2, 0) is 16.8 Å². The zero-order chi connectivity index (χ0) is 19.3. The van der Waals surface area contributed by atoms with E-state index in [1.54, 1.807) is 4.90 Å². The van der Waals surface area contributed by atoms with E-state index >= 15 is 0 Å². The Hall–Kier alpha value is -2.74. The van der Waals surface area contributed by atoms with Crippen molar-refractivity contribution in [1.82, 2.24) is 20.1 Å². The van der Waals surface area contributed by atoms with E-state index in [4.69, 9.17) is 4.74 Å². The number of halogens is 2. The van der Waals surface area contributed by atoms with Gasteiger partial charge in [-0.2, -0.15) is 5.10 Å². The first-order valence-electron chi connectivity index (χ1n) is 9.44. The Morgan fingerprint density at radius 3 is 2.79 bits per heavy atom. The van der Waals surface area contributed by atoms with Gasteiger partial charge in [0.1, 0.15) is 11.3 Å². The lowest BCUT2D eigenvalue weighted by Gasteiger charge is -2.43. The minimum Gasteiger partial charge on any atom is -0.368 e. The maximum atomic E-state index is 12.7. The second-order valence-corrected chi connectivity index (χ2v) is 7.42. The monoisotopic (exact) mass is 386 g/mol. The molecule has 0 radical (unpaired) electrons. The van der Waals surface area contributed by atoms with E-state index in [0.717, 1.165) is 23.7 Å². The molecule has 6 nitrogen and oxygen atoms in total. The Bertz CT molecular complexity index is 1030. The van der Waals surface area contributed by atoms with Gasteiger partial charge in [0.25, 0.3) is 12.3 Å². The maximum absolute atomic E-state index is 12.7. The van der Waals surface area contributed by atoms with Crippen molar-refractivity contribution >= 4 is 16.8 Å². The SMILES string of the molecule is O=C(c1cc(C(F)F)[nH]n1)N1CCC2(CC1)OCCc1c2[nH]c2ccccc12. The van der Waals surface area contributed by atoms with Gasteiger partial charge in [-0.1, -0.05) is 18.2 Å². The highest BCUT2D eigenvalue weighted by Gasteiger charge is 2.43. The van der Waals surface area contributed by atoms with Crippen LogP contribution in [0, 0.1) is 0 Å². The minimum atomic E-state index is -2.67. The number of amides is 1. The van der Waals surface area contributed by atoms with Crippen molar-refractivity contribution in [1.29, 1.82) is 0 Å². The number of carbonyl (C=O) groups excluding carboxylic acids is 1. The van der Waals surface area contributed by atoms with Crippen molar-refractivity contribution in [3.8, 4) is 0 Å². The van der Waals surface area contributed by atoms with Crippen LogP contribution in [0.25, 0.3) is 10.9 Å². The van der Waals surface area contributed by atoms with Gasteiger partial charge in [-0.15, -0.1) is 0 Å². The van der Waals surface area contributed by atoms with Crippen LogP contribution in [0.4, 0.5) is 8.78 Å². The fraction of sp³-hybridized carbons (Fsp3) is 0.400. The average molecular weight is 386 g/mol. The molecule has 8 heteroatoms. The Morgan fingerprint density at radius 1 is 1.25 bits per heavy atom. The normalized spacial score (nSPS) is 18.8. The van der Waals surface area contributed by atoms with Gasteiger partial charge < -0.3 is 14.6 Å². The van der Waals surface area contributed by atoms with Crippen LogP contribution in [0.2, 0.25) is 0 Å². The molecule has 1 saturated heterocycles. The van der Waals surface area contributed by atoms with Crippen molar-refractivity contribution in [2.45, 2.75) is 31.3 Å². The van der Waals surface area contributed by atoms with E-state index < -0.39 is 12.0 Å². The Balaban J connectivity index is 1.38. The number of aromatic nitrogens is 3. The molecule has 1 fully saturated rings. The second kappa shape index (κ2) is 6.41. The summed E-state index contributed by atoms with van der Waals surface area (Å²) in [7, 11) is 0. The summed E-state index contributed by atoms with van der Waals surface area (Å²) in [6.45, 7) is 1.63. The number of nitrogens with zero attached hydrogens (tertiary/aromatic N) is 2. The summed E-state index contributed by atoms with van der Waals surface area (Å²) >= 11 is 0. The molecule has 3 aromatic rings. The summed E-state index contributed by atoms with van der Waals surface area (Å²) < 4.78 is 31.7. The maximum Gasteiger partial charge on any atom is 0.279 e. The van der Waals surface area contributed by atoms with E-state index in [1.165, 1.54) is 10.9 Å². The summed E-state index contributed by atoms with van der Waals surface area (Å²) in [4.78, 5) is 17.8. The van der Waals surface area contributed by atoms with E-state index in [9.17, 15) is 13.6 Å². The molecule has 0 atom stereocenters. The first-order valence-corrected chi connectivity index (χ1v) is 9.44. The Kier molecular flexibility index (Phi) is 3.97. The van der Waals surface area contributed by atoms with Crippen LogP contribution in [0.3, 0.4) is 0 Å². The lowest BCUT2D eigenvalue weighted by molar-refractivity contribution is -0.0957. The molecule has 1 spiro atoms. The Morgan fingerprint density at radius 2 is 2.04 bits per heavy atom. The molecule has 2 aromatic heterocycles. The van der Waals surface area contributed by atoms with Crippen LogP contribution in [0.5, 0.6) is 0 Å². The molecule has 0 aliphatic carbocycles. The quantitative estimate of drug-likeness (QED) is 0.708. The molecule has 2 aliphatic heterocycles. The van der Waals surface area contributed by atoms with Gasteiger partial charge in [0.05, 0.1) is 12.3 Å². The number of likely N-dealkylation sites (tertiary alicyclic amines) is 1. The standard InChI is InChI=1S/C20H20F2N4O2/c21-18(22)15-11-16(25-24-15)19(27)26-8-6-20(7-9-26)17-13(5-10-28-20)12-3-1-2-4-14(12)23-17/h1-4,11,18,23H,5-10H2,(H,24,25). The van der Waals surface area contributed by atoms with Gasteiger partial charge in [0.15, 0.2) is 5.69 Å². The molecule has 1 amide bonds. The summed E-state index contributed by atoms with van der Waals surface area (Å²) in [6, 6.07) is 9.37. The van der Waals surface area contributed by atoms with Crippen molar-refractivity contribution in [3.63, 3.8) is 0 Å². The molecule has 2 aliphatic rings. The number of hydrogen-bond donors (Lipinski definition) is 2. The van der Waals surface area contributed by atoms with Gasteiger partial charge in [0, 0.05) is 24.0 Å². The molecule has 2 N–H and O–H groups in total. The van der Waals surface area contributed by atoms with Crippen molar-refractivity contribution < 1.29 is 18.3 Å². The minimum absolute atomic E-state index is 0.0297. The summed E-state index contributed by atoms with van der Waals surface area (Å²) in [6.07, 6.45) is -0.488. The molecular formula is C20H20F2N4O2. The number of aromatic amines is 2. The van der Waals surface area contributed by atoms with Crippen LogP contribution < -0.4 is 0 Å². The number of carbonyl (C=O) groups is 1. The van der Waals surface area contributed by atoms with Gasteiger partial charge in [-0.25, -0.2) is 8.78 Å². The lowest BCUT2D eigenvalue weighted by Crippen LogP contribution is -2.48. The van der Waals surface area contributed by atoms with Crippen molar-refractivity contribution in [3.05, 3.63) is 53.0 Å². The number of fused-ring (bicyclic) bond motifs is 4. The first kappa shape index (κ1) is 17.4. The number of nitrogens with one attached hydrogen (secondary N) is 2. The van der Waals surface area contributed by atoms with Crippen LogP contribution in [0.1, 0.15) is 46.7 Å². The van der Waals surface area contributed by atoms with Gasteiger partial charge in [0.2, 0.25) is 0 Å². The number of H-pyrrole nitrogens is 2. The summed E-state index contributed by atoms with van der Waals surface area (Å²) in [5.74, 6) is -0.328. The lowest BCUT2D eigenvalue weighted by atomic mass is 9.83. The third-order valence-electron chi connectivity index (χ3n) is 5.91. The number of para-hydroxylation sites is 1. The average Bonchev–Trinajstić information content (AvgIpc) is 3.34. The molecule has 146 valence electrons. The number of hydrogen-bond acceptors (Lipinski definition) is 3. The highest BCUT2D eigenvalue weighted by Crippen LogP contribution is 2.43. The third kappa shape index (κ3) is 2.63. The molecule has 28 heavy (non-hydrogen) atoms. The number of piperidine rings is 1. The zero-order valence-corrected chi connectivity index (χ0v) is 15.2. The van der Waals surface area contributed by atoms with E-state index in [2.05, 4.69) is 27.3 Å². The fourth-order valence-corrected chi connectivity index (χ4v) is 4.45. The third-order valence-corrected chi connectivity index (χ3v) is 5.91. The Labute approximate surface area is 159 Å². The molecule has 1 aromatic carbocycles. The van der Waals surface area contributed by atoms with E-state index in [-0.39, 0.29) is 17.3 Å². The van der Waals surface area contributed by atoms with Crippen molar-refractivity contribution in [2.75, 3.05) is 19.7 Å². The molecular weight excluding hydrogens is 366 g/mol. The smallest absolute Gasteiger partial charge is 0.279 e. The number of rotatable bonds is 2. The molecule has 4 heterocycles. The fourth-order valence-electron chi connectivity index (χ4n) is 4.45. The summed E-state index contributed by atoms with van der Waals surface area (Å²) in [5, 5.41) is 7.21. The predicted molar refractivity (Wildman–Crippen MR) is 98.3 cm³/mol. The van der Waals surface area contributed by atoms with E-state index in [1.807, 2.05) is 12.1 Å².